The molecule has 1 saturated heterocycles. The molecule has 4 rings (SSSR count). The Hall–Kier alpha value is -2.99. The minimum absolute atomic E-state index is 0.131. The number of aromatic nitrogens is 2. The number of carbonyl (C=O) groups is 1. The molecule has 6 heteroatoms. The smallest absolute Gasteiger partial charge is 0.181 e. The predicted molar refractivity (Wildman–Crippen MR) is 122 cm³/mol. The number of nitrogens with one attached hydrogen (secondary N) is 1. The molecule has 1 fully saturated rings. The van der Waals surface area contributed by atoms with Gasteiger partial charge in [0.15, 0.2) is 5.78 Å². The number of rotatable bonds is 7. The van der Waals surface area contributed by atoms with Crippen LogP contribution in [-0.4, -0.2) is 40.8 Å². The van der Waals surface area contributed by atoms with Gasteiger partial charge in [0, 0.05) is 24.5 Å². The van der Waals surface area contributed by atoms with Crippen LogP contribution < -0.4 is 11.1 Å². The third-order valence-corrected chi connectivity index (χ3v) is 5.99. The first-order valence-corrected chi connectivity index (χ1v) is 10.6. The molecule has 3 heterocycles. The Labute approximate surface area is 177 Å². The highest BCUT2D eigenvalue weighted by atomic mass is 16.1. The van der Waals surface area contributed by atoms with Gasteiger partial charge in [-0.05, 0) is 80.5 Å². The van der Waals surface area contributed by atoms with E-state index >= 15 is 0 Å². The monoisotopic (exact) mass is 403 g/mol. The molecule has 30 heavy (non-hydrogen) atoms. The van der Waals surface area contributed by atoms with Crippen molar-refractivity contribution in [2.24, 2.45) is 5.92 Å². The highest BCUT2D eigenvalue weighted by Crippen LogP contribution is 2.23. The van der Waals surface area contributed by atoms with E-state index < -0.39 is 0 Å². The zero-order valence-electron chi connectivity index (χ0n) is 17.5. The number of hydrogen-bond donors (Lipinski definition) is 2. The topological polar surface area (TPSA) is 84.1 Å². The Balaban J connectivity index is 1.34. The zero-order valence-corrected chi connectivity index (χ0v) is 17.5. The summed E-state index contributed by atoms with van der Waals surface area (Å²) in [7, 11) is 2.16. The number of Topliss-reactive ketones (excluding diaryl/α,β-unsaturated/α-hetero) is 1. The summed E-state index contributed by atoms with van der Waals surface area (Å²) < 4.78 is 0. The molecule has 2 aromatic heterocycles. The van der Waals surface area contributed by atoms with Crippen LogP contribution in [0.3, 0.4) is 0 Å². The van der Waals surface area contributed by atoms with E-state index in [-0.39, 0.29) is 5.78 Å². The minimum Gasteiger partial charge on any atom is -0.383 e. The fourth-order valence-corrected chi connectivity index (χ4v) is 4.06. The van der Waals surface area contributed by atoms with Crippen LogP contribution in [-0.2, 0) is 6.54 Å². The van der Waals surface area contributed by atoms with Crippen molar-refractivity contribution >= 4 is 28.2 Å². The molecule has 0 bridgehead atoms. The number of piperidine rings is 1. The lowest BCUT2D eigenvalue weighted by atomic mass is 9.91. The number of benzene rings is 1. The standard InChI is InChI=1S/C24H29N5O/c1-29-13-10-17(11-14-29)6-8-22(30)21-3-2-4-23(28-21)27-16-18-5-7-20-19(15-18)9-12-26-24(20)25/h2-5,7,9,12,15,17H,6,8,10-11,13-14,16H2,1H3,(H2,25,26)(H,27,28). The van der Waals surface area contributed by atoms with Crippen molar-refractivity contribution in [1.29, 1.82) is 0 Å². The molecule has 0 saturated carbocycles. The number of likely N-dealkylation sites (tertiary alicyclic amines) is 1. The van der Waals surface area contributed by atoms with Crippen molar-refractivity contribution < 1.29 is 4.79 Å². The van der Waals surface area contributed by atoms with Crippen LogP contribution in [0, 0.1) is 5.92 Å². The van der Waals surface area contributed by atoms with Crippen molar-refractivity contribution in [3.05, 3.63) is 59.9 Å². The summed E-state index contributed by atoms with van der Waals surface area (Å²) in [4.78, 5) is 23.7. The number of fused-ring (bicyclic) bond motifs is 1. The van der Waals surface area contributed by atoms with Crippen molar-refractivity contribution in [3.8, 4) is 0 Å². The number of ketones is 1. The molecule has 0 amide bonds. The van der Waals surface area contributed by atoms with Crippen LogP contribution in [0.2, 0.25) is 0 Å². The average molecular weight is 404 g/mol. The van der Waals surface area contributed by atoms with Gasteiger partial charge in [-0.3, -0.25) is 4.79 Å². The van der Waals surface area contributed by atoms with Crippen molar-refractivity contribution in [1.82, 2.24) is 14.9 Å². The summed E-state index contributed by atoms with van der Waals surface area (Å²) in [5.74, 6) is 2.05. The van der Waals surface area contributed by atoms with Crippen LogP contribution >= 0.6 is 0 Å². The molecule has 1 aliphatic heterocycles. The molecular weight excluding hydrogens is 374 g/mol. The Kier molecular flexibility index (Phi) is 6.23. The van der Waals surface area contributed by atoms with Crippen molar-refractivity contribution in [2.75, 3.05) is 31.2 Å². The Morgan fingerprint density at radius 1 is 1.20 bits per heavy atom. The third kappa shape index (κ3) is 4.94. The lowest BCUT2D eigenvalue weighted by molar-refractivity contribution is 0.0961. The van der Waals surface area contributed by atoms with Gasteiger partial charge in [-0.2, -0.15) is 0 Å². The van der Waals surface area contributed by atoms with Gasteiger partial charge in [0.25, 0.3) is 0 Å². The van der Waals surface area contributed by atoms with Crippen molar-refractivity contribution in [2.45, 2.75) is 32.2 Å². The van der Waals surface area contributed by atoms with Crippen LogP contribution in [0.1, 0.15) is 41.7 Å². The number of nitrogens with zero attached hydrogens (tertiary/aromatic N) is 3. The average Bonchev–Trinajstić information content (AvgIpc) is 2.77. The number of nitrogen functional groups attached to an aromatic ring is 1. The molecule has 3 N–H and O–H groups in total. The van der Waals surface area contributed by atoms with Gasteiger partial charge in [-0.25, -0.2) is 9.97 Å². The Bertz CT molecular complexity index is 1030. The molecule has 6 nitrogen and oxygen atoms in total. The Morgan fingerprint density at radius 3 is 2.87 bits per heavy atom. The van der Waals surface area contributed by atoms with Gasteiger partial charge in [0.2, 0.25) is 0 Å². The number of nitrogens with two attached hydrogens (primary N) is 1. The lowest BCUT2D eigenvalue weighted by Crippen LogP contribution is -2.30. The highest BCUT2D eigenvalue weighted by Gasteiger charge is 2.18. The fourth-order valence-electron chi connectivity index (χ4n) is 4.06. The molecule has 0 atom stereocenters. The van der Waals surface area contributed by atoms with Gasteiger partial charge in [0.1, 0.15) is 17.3 Å². The summed E-state index contributed by atoms with van der Waals surface area (Å²) in [6, 6.07) is 13.7. The van der Waals surface area contributed by atoms with Gasteiger partial charge < -0.3 is 16.0 Å². The van der Waals surface area contributed by atoms with Crippen LogP contribution in [0.15, 0.2) is 48.7 Å². The number of anilines is 2. The molecule has 0 unspecified atom stereocenters. The molecule has 1 aromatic carbocycles. The first-order chi connectivity index (χ1) is 14.6. The highest BCUT2D eigenvalue weighted by molar-refractivity contribution is 5.94. The van der Waals surface area contributed by atoms with Gasteiger partial charge in [0.05, 0.1) is 0 Å². The predicted octanol–water partition coefficient (Wildman–Crippen LogP) is 4.13. The third-order valence-electron chi connectivity index (χ3n) is 5.99. The van der Waals surface area contributed by atoms with E-state index in [0.717, 1.165) is 41.7 Å². The summed E-state index contributed by atoms with van der Waals surface area (Å²) in [5, 5.41) is 5.35. The lowest BCUT2D eigenvalue weighted by Gasteiger charge is -2.28. The van der Waals surface area contributed by atoms with E-state index in [1.165, 1.54) is 12.8 Å². The molecule has 0 spiro atoms. The number of hydrogen-bond acceptors (Lipinski definition) is 6. The van der Waals surface area contributed by atoms with Gasteiger partial charge in [-0.15, -0.1) is 0 Å². The quantitative estimate of drug-likeness (QED) is 0.577. The van der Waals surface area contributed by atoms with E-state index in [2.05, 4.69) is 33.3 Å². The maximum absolute atomic E-state index is 12.6. The van der Waals surface area contributed by atoms with E-state index in [4.69, 9.17) is 5.73 Å². The summed E-state index contributed by atoms with van der Waals surface area (Å²) in [6.07, 6.45) is 5.63. The second-order valence-electron chi connectivity index (χ2n) is 8.22. The zero-order chi connectivity index (χ0) is 20.9. The molecule has 156 valence electrons. The molecule has 1 aliphatic rings. The Morgan fingerprint density at radius 2 is 2.03 bits per heavy atom. The molecule has 3 aromatic rings. The maximum atomic E-state index is 12.6. The first-order valence-electron chi connectivity index (χ1n) is 10.6. The molecule has 0 aliphatic carbocycles. The van der Waals surface area contributed by atoms with Crippen LogP contribution in [0.25, 0.3) is 10.8 Å². The summed E-state index contributed by atoms with van der Waals surface area (Å²) >= 11 is 0. The van der Waals surface area contributed by atoms with Crippen LogP contribution in [0.5, 0.6) is 0 Å². The maximum Gasteiger partial charge on any atom is 0.181 e. The van der Waals surface area contributed by atoms with Gasteiger partial charge in [-0.1, -0.05) is 18.2 Å². The molecule has 0 radical (unpaired) electrons. The fraction of sp³-hybridized carbons (Fsp3) is 0.375. The minimum atomic E-state index is 0.131. The summed E-state index contributed by atoms with van der Waals surface area (Å²) in [5.41, 5.74) is 7.59. The van der Waals surface area contributed by atoms with E-state index in [0.29, 0.717) is 30.4 Å². The second kappa shape index (κ2) is 9.22. The normalized spacial score (nSPS) is 15.4. The summed E-state index contributed by atoms with van der Waals surface area (Å²) in [6.45, 7) is 2.89. The van der Waals surface area contributed by atoms with E-state index in [1.807, 2.05) is 36.4 Å². The molecular formula is C24H29N5O. The van der Waals surface area contributed by atoms with Crippen LogP contribution in [0.4, 0.5) is 11.6 Å². The largest absolute Gasteiger partial charge is 0.383 e. The van der Waals surface area contributed by atoms with E-state index in [1.54, 1.807) is 6.20 Å². The van der Waals surface area contributed by atoms with Gasteiger partial charge >= 0.3 is 0 Å². The number of carbonyl (C=O) groups excluding carboxylic acids is 1. The van der Waals surface area contributed by atoms with Crippen molar-refractivity contribution in [3.63, 3.8) is 0 Å². The SMILES string of the molecule is CN1CCC(CCC(=O)c2cccc(NCc3ccc4c(N)nccc4c3)n2)CC1. The first kappa shape index (κ1) is 20.3. The van der Waals surface area contributed by atoms with E-state index in [9.17, 15) is 4.79 Å². The second-order valence-corrected chi connectivity index (χ2v) is 8.22. The number of pyridine rings is 2.